The molecule has 0 aliphatic rings. The lowest BCUT2D eigenvalue weighted by molar-refractivity contribution is 0.193. The Morgan fingerprint density at radius 3 is 3.15 bits per heavy atom. The fourth-order valence-electron chi connectivity index (χ4n) is 0.781. The molecular formula is C7H7N3O2S. The normalized spacial score (nSPS) is 10.2. The first-order valence-corrected chi connectivity index (χ1v) is 4.59. The Kier molecular flexibility index (Phi) is 2.22. The number of nitrogens with zero attached hydrogens (tertiary/aromatic N) is 3. The van der Waals surface area contributed by atoms with Gasteiger partial charge in [0.1, 0.15) is 6.61 Å². The van der Waals surface area contributed by atoms with Gasteiger partial charge in [-0.3, -0.25) is 4.52 Å². The topological polar surface area (TPSA) is 61.0 Å². The number of aryl methyl sites for hydroxylation is 1. The molecule has 2 aromatic rings. The Morgan fingerprint density at radius 2 is 2.54 bits per heavy atom. The van der Waals surface area contributed by atoms with Gasteiger partial charge in [-0.1, -0.05) is 5.16 Å². The quantitative estimate of drug-likeness (QED) is 0.744. The Labute approximate surface area is 78.4 Å². The lowest BCUT2D eigenvalue weighted by Crippen LogP contribution is -1.95. The summed E-state index contributed by atoms with van der Waals surface area (Å²) in [7, 11) is 0. The zero-order valence-electron chi connectivity index (χ0n) is 6.93. The van der Waals surface area contributed by atoms with Crippen molar-refractivity contribution in [3.05, 3.63) is 22.4 Å². The van der Waals surface area contributed by atoms with Crippen LogP contribution in [0.2, 0.25) is 0 Å². The van der Waals surface area contributed by atoms with Crippen LogP contribution in [0.1, 0.15) is 11.5 Å². The molecular weight excluding hydrogens is 190 g/mol. The van der Waals surface area contributed by atoms with Gasteiger partial charge in [0.15, 0.2) is 5.82 Å². The molecule has 0 amide bonds. The van der Waals surface area contributed by atoms with E-state index in [0.717, 1.165) is 5.69 Å². The van der Waals surface area contributed by atoms with Crippen molar-refractivity contribution in [3.8, 4) is 6.08 Å². The first-order chi connectivity index (χ1) is 6.34. The van der Waals surface area contributed by atoms with E-state index in [0.29, 0.717) is 12.4 Å². The molecule has 0 bridgehead atoms. The van der Waals surface area contributed by atoms with Crippen LogP contribution in [0, 0.1) is 6.92 Å². The smallest absolute Gasteiger partial charge is 0.417 e. The van der Waals surface area contributed by atoms with Gasteiger partial charge in [0.25, 0.3) is 0 Å². The van der Waals surface area contributed by atoms with Gasteiger partial charge < -0.3 is 4.74 Å². The molecule has 2 aromatic heterocycles. The molecule has 0 radical (unpaired) electrons. The predicted octanol–water partition coefficient (Wildman–Crippen LogP) is 1.41. The van der Waals surface area contributed by atoms with Gasteiger partial charge in [0.2, 0.25) is 0 Å². The Bertz CT molecular complexity index is 371. The van der Waals surface area contributed by atoms with Gasteiger partial charge in [0, 0.05) is 5.38 Å². The van der Waals surface area contributed by atoms with E-state index < -0.39 is 0 Å². The van der Waals surface area contributed by atoms with Crippen molar-refractivity contribution >= 4 is 11.3 Å². The zero-order valence-corrected chi connectivity index (χ0v) is 7.74. The van der Waals surface area contributed by atoms with Crippen molar-refractivity contribution in [1.29, 1.82) is 0 Å². The molecule has 6 heteroatoms. The second kappa shape index (κ2) is 3.53. The maximum atomic E-state index is 5.18. The predicted molar refractivity (Wildman–Crippen MR) is 45.5 cm³/mol. The summed E-state index contributed by atoms with van der Waals surface area (Å²) in [5, 5.41) is 5.49. The molecule has 0 aliphatic heterocycles. The number of ether oxygens (including phenoxy) is 1. The van der Waals surface area contributed by atoms with Crippen LogP contribution in [0.4, 0.5) is 0 Å². The second-order valence-corrected chi connectivity index (χ2v) is 3.09. The van der Waals surface area contributed by atoms with E-state index in [-0.39, 0.29) is 6.08 Å². The van der Waals surface area contributed by atoms with Crippen molar-refractivity contribution in [3.63, 3.8) is 0 Å². The van der Waals surface area contributed by atoms with Crippen LogP contribution in [-0.4, -0.2) is 15.1 Å². The molecule has 0 atom stereocenters. The average molecular weight is 197 g/mol. The minimum absolute atomic E-state index is 0.186. The molecule has 2 heterocycles. The third-order valence-corrected chi connectivity index (χ3v) is 1.97. The van der Waals surface area contributed by atoms with E-state index in [9.17, 15) is 0 Å². The summed E-state index contributed by atoms with van der Waals surface area (Å²) in [5.74, 6) is 0.563. The highest BCUT2D eigenvalue weighted by Crippen LogP contribution is 2.09. The van der Waals surface area contributed by atoms with Gasteiger partial charge >= 0.3 is 6.08 Å². The largest absolute Gasteiger partial charge is 0.442 e. The molecule has 0 saturated heterocycles. The van der Waals surface area contributed by atoms with Gasteiger partial charge in [-0.05, 0) is 6.92 Å². The highest BCUT2D eigenvalue weighted by Gasteiger charge is 2.03. The average Bonchev–Trinajstić information content (AvgIpc) is 2.71. The van der Waals surface area contributed by atoms with Crippen molar-refractivity contribution < 1.29 is 9.26 Å². The molecule has 13 heavy (non-hydrogen) atoms. The van der Waals surface area contributed by atoms with Crippen LogP contribution in [0.25, 0.3) is 0 Å². The van der Waals surface area contributed by atoms with Crippen molar-refractivity contribution in [2.24, 2.45) is 0 Å². The second-order valence-electron chi connectivity index (χ2n) is 2.38. The van der Waals surface area contributed by atoms with Crippen LogP contribution in [0.3, 0.4) is 0 Å². The van der Waals surface area contributed by atoms with Gasteiger partial charge in [-0.15, -0.1) is 11.3 Å². The lowest BCUT2D eigenvalue weighted by atomic mass is 10.5. The Morgan fingerprint density at radius 1 is 1.62 bits per heavy atom. The summed E-state index contributed by atoms with van der Waals surface area (Å²) in [6.07, 6.45) is 0.186. The maximum Gasteiger partial charge on any atom is 0.417 e. The van der Waals surface area contributed by atoms with Crippen molar-refractivity contribution in [2.45, 2.75) is 13.5 Å². The Balaban J connectivity index is 1.93. The van der Waals surface area contributed by atoms with E-state index in [1.54, 1.807) is 12.4 Å². The fourth-order valence-corrected chi connectivity index (χ4v) is 1.32. The molecule has 2 rings (SSSR count). The lowest BCUT2D eigenvalue weighted by Gasteiger charge is -1.94. The molecule has 0 aromatic carbocycles. The van der Waals surface area contributed by atoms with Crippen LogP contribution in [0.15, 0.2) is 15.4 Å². The SMILES string of the molecule is Cc1noc(OCc2cscn2)n1. The third kappa shape index (κ3) is 2.03. The molecule has 0 aliphatic carbocycles. The third-order valence-electron chi connectivity index (χ3n) is 1.34. The summed E-state index contributed by atoms with van der Waals surface area (Å²) >= 11 is 1.52. The van der Waals surface area contributed by atoms with E-state index in [1.807, 2.05) is 5.38 Å². The molecule has 0 saturated carbocycles. The van der Waals surface area contributed by atoms with E-state index in [2.05, 4.69) is 15.1 Å². The molecule has 5 nitrogen and oxygen atoms in total. The standard InChI is InChI=1S/C7H7N3O2S/c1-5-9-7(12-10-5)11-2-6-3-13-4-8-6/h3-4H,2H2,1H3. The molecule has 0 fully saturated rings. The van der Waals surface area contributed by atoms with E-state index in [1.165, 1.54) is 11.3 Å². The summed E-state index contributed by atoms with van der Waals surface area (Å²) in [5.41, 5.74) is 2.61. The van der Waals surface area contributed by atoms with Crippen molar-refractivity contribution in [1.82, 2.24) is 15.1 Å². The monoisotopic (exact) mass is 197 g/mol. The van der Waals surface area contributed by atoms with E-state index >= 15 is 0 Å². The number of hydrogen-bond donors (Lipinski definition) is 0. The number of rotatable bonds is 3. The highest BCUT2D eigenvalue weighted by molar-refractivity contribution is 7.07. The number of aromatic nitrogens is 3. The van der Waals surface area contributed by atoms with E-state index in [4.69, 9.17) is 9.26 Å². The number of thiazole rings is 1. The highest BCUT2D eigenvalue weighted by atomic mass is 32.1. The zero-order chi connectivity index (χ0) is 9.10. The van der Waals surface area contributed by atoms with Gasteiger partial charge in [-0.2, -0.15) is 4.98 Å². The minimum atomic E-state index is 0.186. The summed E-state index contributed by atoms with van der Waals surface area (Å²) in [6, 6.07) is 0. The molecule has 68 valence electrons. The van der Waals surface area contributed by atoms with Crippen LogP contribution < -0.4 is 4.74 Å². The van der Waals surface area contributed by atoms with Crippen LogP contribution in [0.5, 0.6) is 6.08 Å². The summed E-state index contributed by atoms with van der Waals surface area (Å²) < 4.78 is 9.93. The Hall–Kier alpha value is -1.43. The maximum absolute atomic E-state index is 5.18. The summed E-state index contributed by atoms with van der Waals surface area (Å²) in [6.45, 7) is 2.10. The van der Waals surface area contributed by atoms with Crippen LogP contribution in [-0.2, 0) is 6.61 Å². The summed E-state index contributed by atoms with van der Waals surface area (Å²) in [4.78, 5) is 7.93. The van der Waals surface area contributed by atoms with Crippen molar-refractivity contribution in [2.75, 3.05) is 0 Å². The minimum Gasteiger partial charge on any atom is -0.442 e. The number of hydrogen-bond acceptors (Lipinski definition) is 6. The molecule has 0 N–H and O–H groups in total. The van der Waals surface area contributed by atoms with Crippen LogP contribution >= 0.6 is 11.3 Å². The van der Waals surface area contributed by atoms with Gasteiger partial charge in [-0.25, -0.2) is 4.98 Å². The fraction of sp³-hybridized carbons (Fsp3) is 0.286. The molecule has 0 spiro atoms. The first kappa shape index (κ1) is 8.18. The van der Waals surface area contributed by atoms with Gasteiger partial charge in [0.05, 0.1) is 11.2 Å². The first-order valence-electron chi connectivity index (χ1n) is 3.65. The molecule has 0 unspecified atom stereocenters.